The van der Waals surface area contributed by atoms with Gasteiger partial charge in [-0.1, -0.05) is 18.2 Å². The fourth-order valence-electron chi connectivity index (χ4n) is 1.00. The van der Waals surface area contributed by atoms with E-state index in [-0.39, 0.29) is 6.42 Å². The maximum absolute atomic E-state index is 8.53. The van der Waals surface area contributed by atoms with Crippen molar-refractivity contribution in [1.29, 1.82) is 5.26 Å². The van der Waals surface area contributed by atoms with Crippen LogP contribution in [0.2, 0.25) is 0 Å². The van der Waals surface area contributed by atoms with Crippen molar-refractivity contribution in [3.63, 3.8) is 0 Å². The topological polar surface area (TPSA) is 45.4 Å². The minimum Gasteiger partial charge on any atom is -0.480 e. The number of hydrogen-bond donors (Lipinski definition) is 0. The minimum atomic E-state index is 0.211. The van der Waals surface area contributed by atoms with Crippen LogP contribution >= 0.6 is 0 Å². The fourth-order valence-corrected chi connectivity index (χ4v) is 1.00. The molecule has 0 aliphatic heterocycles. The fraction of sp³-hybridized carbons (Fsp3) is 0.273. The summed E-state index contributed by atoms with van der Waals surface area (Å²) < 4.78 is 5.21. The van der Waals surface area contributed by atoms with Crippen LogP contribution in [-0.4, -0.2) is 12.5 Å². The van der Waals surface area contributed by atoms with Crippen molar-refractivity contribution in [2.75, 3.05) is 6.61 Å². The van der Waals surface area contributed by atoms with E-state index in [2.05, 4.69) is 4.99 Å². The largest absolute Gasteiger partial charge is 0.480 e. The molecule has 0 amide bonds. The zero-order valence-electron chi connectivity index (χ0n) is 8.10. The van der Waals surface area contributed by atoms with E-state index in [1.807, 2.05) is 43.3 Å². The molecule has 0 fully saturated rings. The highest BCUT2D eigenvalue weighted by atomic mass is 16.5. The molecule has 0 unspecified atom stereocenters. The summed E-state index contributed by atoms with van der Waals surface area (Å²) in [6, 6.07) is 11.5. The van der Waals surface area contributed by atoms with Gasteiger partial charge in [0.05, 0.1) is 18.4 Å². The van der Waals surface area contributed by atoms with Gasteiger partial charge in [-0.05, 0) is 19.1 Å². The molecular formula is C11H12N2O. The Balaban J connectivity index is 2.77. The van der Waals surface area contributed by atoms with Crippen molar-refractivity contribution in [3.8, 4) is 6.07 Å². The Kier molecular flexibility index (Phi) is 4.22. The van der Waals surface area contributed by atoms with Gasteiger partial charge in [0.1, 0.15) is 6.42 Å². The monoisotopic (exact) mass is 188 g/mol. The second kappa shape index (κ2) is 5.76. The van der Waals surface area contributed by atoms with Crippen molar-refractivity contribution >= 4 is 11.6 Å². The maximum atomic E-state index is 8.53. The van der Waals surface area contributed by atoms with Crippen LogP contribution in [0.1, 0.15) is 13.3 Å². The highest BCUT2D eigenvalue weighted by Crippen LogP contribution is 2.11. The van der Waals surface area contributed by atoms with Crippen molar-refractivity contribution in [2.24, 2.45) is 4.99 Å². The predicted octanol–water partition coefficient (Wildman–Crippen LogP) is 2.67. The second-order valence-corrected chi connectivity index (χ2v) is 2.61. The van der Waals surface area contributed by atoms with E-state index in [1.54, 1.807) is 0 Å². The summed E-state index contributed by atoms with van der Waals surface area (Å²) in [6.07, 6.45) is 0.211. The number of hydrogen-bond acceptors (Lipinski definition) is 3. The summed E-state index contributed by atoms with van der Waals surface area (Å²) in [5, 5.41) is 8.53. The zero-order chi connectivity index (χ0) is 10.2. The quantitative estimate of drug-likeness (QED) is 0.540. The Morgan fingerprint density at radius 2 is 2.14 bits per heavy atom. The van der Waals surface area contributed by atoms with E-state index in [4.69, 9.17) is 10.00 Å². The number of para-hydroxylation sites is 1. The van der Waals surface area contributed by atoms with E-state index in [0.717, 1.165) is 5.69 Å². The van der Waals surface area contributed by atoms with Gasteiger partial charge in [-0.3, -0.25) is 0 Å². The number of aliphatic imine (C=N–C) groups is 1. The molecule has 0 aliphatic rings. The van der Waals surface area contributed by atoms with Gasteiger partial charge in [0.25, 0.3) is 0 Å². The number of rotatable bonds is 3. The van der Waals surface area contributed by atoms with Crippen LogP contribution in [0.3, 0.4) is 0 Å². The summed E-state index contributed by atoms with van der Waals surface area (Å²) in [5.74, 6) is 0.473. The minimum absolute atomic E-state index is 0.211. The first-order chi connectivity index (χ1) is 6.86. The van der Waals surface area contributed by atoms with E-state index < -0.39 is 0 Å². The standard InChI is InChI=1S/C11H12N2O/c1-2-14-11(8-9-12)13-10-6-4-3-5-7-10/h3-7H,2,8H2,1H3. The van der Waals surface area contributed by atoms with Gasteiger partial charge in [-0.15, -0.1) is 0 Å². The average molecular weight is 188 g/mol. The number of nitrogens with zero attached hydrogens (tertiary/aromatic N) is 2. The molecule has 0 aromatic heterocycles. The van der Waals surface area contributed by atoms with Crippen LogP contribution in [0.25, 0.3) is 0 Å². The van der Waals surface area contributed by atoms with Crippen molar-refractivity contribution in [1.82, 2.24) is 0 Å². The Morgan fingerprint density at radius 3 is 2.71 bits per heavy atom. The third kappa shape index (κ3) is 3.28. The summed E-state index contributed by atoms with van der Waals surface area (Å²) in [5.41, 5.74) is 0.811. The lowest BCUT2D eigenvalue weighted by atomic mass is 10.3. The van der Waals surface area contributed by atoms with Gasteiger partial charge in [0, 0.05) is 0 Å². The molecule has 0 N–H and O–H groups in total. The molecule has 0 saturated carbocycles. The van der Waals surface area contributed by atoms with Crippen LogP contribution in [0.15, 0.2) is 35.3 Å². The zero-order valence-corrected chi connectivity index (χ0v) is 8.10. The summed E-state index contributed by atoms with van der Waals surface area (Å²) in [6.45, 7) is 2.41. The Morgan fingerprint density at radius 1 is 1.43 bits per heavy atom. The number of nitriles is 1. The molecule has 1 aromatic carbocycles. The third-order valence-corrected chi connectivity index (χ3v) is 1.55. The van der Waals surface area contributed by atoms with Gasteiger partial charge in [0.2, 0.25) is 5.90 Å². The van der Waals surface area contributed by atoms with Gasteiger partial charge < -0.3 is 4.74 Å². The first-order valence-corrected chi connectivity index (χ1v) is 4.49. The maximum Gasteiger partial charge on any atom is 0.202 e. The lowest BCUT2D eigenvalue weighted by Crippen LogP contribution is -2.02. The lowest BCUT2D eigenvalue weighted by molar-refractivity contribution is 0.321. The van der Waals surface area contributed by atoms with Crippen molar-refractivity contribution in [2.45, 2.75) is 13.3 Å². The molecule has 0 bridgehead atoms. The number of benzene rings is 1. The molecule has 1 aromatic rings. The molecule has 14 heavy (non-hydrogen) atoms. The summed E-state index contributed by atoms with van der Waals surface area (Å²) in [4.78, 5) is 4.21. The van der Waals surface area contributed by atoms with Crippen LogP contribution in [0.5, 0.6) is 0 Å². The Bertz CT molecular complexity index is 338. The highest BCUT2D eigenvalue weighted by Gasteiger charge is 1.98. The molecule has 3 nitrogen and oxygen atoms in total. The van der Waals surface area contributed by atoms with Gasteiger partial charge >= 0.3 is 0 Å². The van der Waals surface area contributed by atoms with Crippen molar-refractivity contribution in [3.05, 3.63) is 30.3 Å². The second-order valence-electron chi connectivity index (χ2n) is 2.61. The molecule has 0 aliphatic carbocycles. The smallest absolute Gasteiger partial charge is 0.202 e. The van der Waals surface area contributed by atoms with Crippen LogP contribution < -0.4 is 0 Å². The van der Waals surface area contributed by atoms with E-state index >= 15 is 0 Å². The third-order valence-electron chi connectivity index (χ3n) is 1.55. The van der Waals surface area contributed by atoms with Gasteiger partial charge in [-0.2, -0.15) is 5.26 Å². The summed E-state index contributed by atoms with van der Waals surface area (Å²) >= 11 is 0. The van der Waals surface area contributed by atoms with E-state index in [9.17, 15) is 0 Å². The normalized spacial score (nSPS) is 10.7. The molecule has 0 heterocycles. The molecule has 0 radical (unpaired) electrons. The Labute approximate surface area is 83.7 Å². The predicted molar refractivity (Wildman–Crippen MR) is 55.4 cm³/mol. The van der Waals surface area contributed by atoms with Crippen LogP contribution in [-0.2, 0) is 4.74 Å². The first-order valence-electron chi connectivity index (χ1n) is 4.49. The van der Waals surface area contributed by atoms with Gasteiger partial charge in [-0.25, -0.2) is 4.99 Å². The molecular weight excluding hydrogens is 176 g/mol. The molecule has 3 heteroatoms. The van der Waals surface area contributed by atoms with Crippen LogP contribution in [0, 0.1) is 11.3 Å². The molecule has 72 valence electrons. The molecule has 0 saturated heterocycles. The highest BCUT2D eigenvalue weighted by molar-refractivity contribution is 5.81. The SMILES string of the molecule is CCOC(CC#N)=Nc1ccccc1. The number of ether oxygens (including phenoxy) is 1. The first kappa shape index (κ1) is 10.3. The van der Waals surface area contributed by atoms with E-state index in [1.165, 1.54) is 0 Å². The van der Waals surface area contributed by atoms with Crippen molar-refractivity contribution < 1.29 is 4.74 Å². The molecule has 1 rings (SSSR count). The molecule has 0 atom stereocenters. The van der Waals surface area contributed by atoms with E-state index in [0.29, 0.717) is 12.5 Å². The lowest BCUT2D eigenvalue weighted by Gasteiger charge is -2.02. The average Bonchev–Trinajstić information content (AvgIpc) is 2.20. The molecule has 0 spiro atoms. The van der Waals surface area contributed by atoms with Gasteiger partial charge in [0.15, 0.2) is 0 Å². The Hall–Kier alpha value is -1.82. The summed E-state index contributed by atoms with van der Waals surface area (Å²) in [7, 11) is 0. The van der Waals surface area contributed by atoms with Crippen LogP contribution in [0.4, 0.5) is 5.69 Å².